The summed E-state index contributed by atoms with van der Waals surface area (Å²) in [6, 6.07) is 15.5. The van der Waals surface area contributed by atoms with Crippen molar-refractivity contribution in [2.75, 3.05) is 0 Å². The molecule has 0 spiro atoms. The molecule has 0 saturated carbocycles. The van der Waals surface area contributed by atoms with Gasteiger partial charge in [-0.1, -0.05) is 29.8 Å². The number of benzene rings is 2. The number of halogens is 1. The van der Waals surface area contributed by atoms with Crippen LogP contribution in [0.25, 0.3) is 10.9 Å². The average molecular weight is 354 g/mol. The van der Waals surface area contributed by atoms with Gasteiger partial charge in [0.25, 0.3) is 0 Å². The number of hydrogen-bond donors (Lipinski definition) is 0. The van der Waals surface area contributed by atoms with Crippen molar-refractivity contribution < 1.29 is 14.3 Å². The summed E-state index contributed by atoms with van der Waals surface area (Å²) in [5.41, 5.74) is 2.27. The number of aromatic nitrogens is 1. The van der Waals surface area contributed by atoms with E-state index in [4.69, 9.17) is 16.3 Å². The molecule has 0 bridgehead atoms. The predicted molar refractivity (Wildman–Crippen MR) is 97.1 cm³/mol. The maximum Gasteiger partial charge on any atom is 0.339 e. The van der Waals surface area contributed by atoms with E-state index in [1.807, 2.05) is 31.2 Å². The Hall–Kier alpha value is -2.72. The number of aryl methyl sites for hydroxylation is 1. The highest BCUT2D eigenvalue weighted by Crippen LogP contribution is 2.20. The summed E-state index contributed by atoms with van der Waals surface area (Å²) in [4.78, 5) is 29.4. The fraction of sp³-hybridized carbons (Fsp3) is 0.150. The van der Waals surface area contributed by atoms with Crippen LogP contribution in [-0.2, 0) is 4.74 Å². The van der Waals surface area contributed by atoms with Crippen molar-refractivity contribution in [3.05, 3.63) is 76.4 Å². The third-order valence-corrected chi connectivity index (χ3v) is 4.10. The van der Waals surface area contributed by atoms with Gasteiger partial charge in [0.15, 0.2) is 6.10 Å². The van der Waals surface area contributed by atoms with E-state index in [2.05, 4.69) is 4.98 Å². The van der Waals surface area contributed by atoms with Crippen LogP contribution in [-0.4, -0.2) is 22.8 Å². The first kappa shape index (κ1) is 17.1. The van der Waals surface area contributed by atoms with E-state index >= 15 is 0 Å². The lowest BCUT2D eigenvalue weighted by Gasteiger charge is -2.14. The van der Waals surface area contributed by atoms with Crippen molar-refractivity contribution in [1.29, 1.82) is 0 Å². The van der Waals surface area contributed by atoms with Crippen LogP contribution < -0.4 is 0 Å². The summed E-state index contributed by atoms with van der Waals surface area (Å²) in [7, 11) is 0. The Morgan fingerprint density at radius 1 is 1.08 bits per heavy atom. The van der Waals surface area contributed by atoms with Crippen LogP contribution in [0.1, 0.15) is 33.3 Å². The summed E-state index contributed by atoms with van der Waals surface area (Å²) in [5, 5.41) is 1.24. The van der Waals surface area contributed by atoms with Crippen LogP contribution in [0.15, 0.2) is 54.6 Å². The van der Waals surface area contributed by atoms with Gasteiger partial charge in [0, 0.05) is 21.7 Å². The minimum absolute atomic E-state index is 0.278. The summed E-state index contributed by atoms with van der Waals surface area (Å²) in [6.45, 7) is 3.37. The molecule has 0 fully saturated rings. The minimum atomic E-state index is -0.902. The van der Waals surface area contributed by atoms with Gasteiger partial charge >= 0.3 is 5.97 Å². The maximum absolute atomic E-state index is 12.6. The molecule has 0 amide bonds. The van der Waals surface area contributed by atoms with Gasteiger partial charge in [0.2, 0.25) is 5.78 Å². The molecule has 4 nitrogen and oxygen atoms in total. The highest BCUT2D eigenvalue weighted by molar-refractivity contribution is 6.30. The normalized spacial score (nSPS) is 12.0. The smallest absolute Gasteiger partial charge is 0.339 e. The van der Waals surface area contributed by atoms with Crippen molar-refractivity contribution in [2.24, 2.45) is 0 Å². The fourth-order valence-corrected chi connectivity index (χ4v) is 2.73. The molecule has 1 aromatic heterocycles. The highest BCUT2D eigenvalue weighted by atomic mass is 35.5. The Labute approximate surface area is 150 Å². The van der Waals surface area contributed by atoms with Gasteiger partial charge in [-0.05, 0) is 50.2 Å². The monoisotopic (exact) mass is 353 g/mol. The van der Waals surface area contributed by atoms with Gasteiger partial charge in [-0.2, -0.15) is 0 Å². The largest absolute Gasteiger partial charge is 0.451 e. The number of carbonyl (C=O) groups excluding carboxylic acids is 2. The predicted octanol–water partition coefficient (Wildman–Crippen LogP) is 4.62. The highest BCUT2D eigenvalue weighted by Gasteiger charge is 2.22. The van der Waals surface area contributed by atoms with E-state index in [-0.39, 0.29) is 5.78 Å². The van der Waals surface area contributed by atoms with Crippen LogP contribution in [0, 0.1) is 6.92 Å². The molecule has 0 aliphatic heterocycles. The Bertz CT molecular complexity index is 951. The quantitative estimate of drug-likeness (QED) is 0.507. The van der Waals surface area contributed by atoms with Crippen molar-refractivity contribution in [3.8, 4) is 0 Å². The summed E-state index contributed by atoms with van der Waals surface area (Å²) in [5.74, 6) is -0.823. The molecule has 126 valence electrons. The van der Waals surface area contributed by atoms with Gasteiger partial charge in [-0.15, -0.1) is 0 Å². The van der Waals surface area contributed by atoms with E-state index in [1.165, 1.54) is 0 Å². The Morgan fingerprint density at radius 2 is 1.76 bits per heavy atom. The lowest BCUT2D eigenvalue weighted by Crippen LogP contribution is -2.24. The number of ketones is 1. The zero-order chi connectivity index (χ0) is 18.0. The summed E-state index contributed by atoms with van der Waals surface area (Å²) >= 11 is 5.83. The van der Waals surface area contributed by atoms with Crippen LogP contribution >= 0.6 is 11.6 Å². The summed E-state index contributed by atoms with van der Waals surface area (Å²) in [6.07, 6.45) is -0.902. The number of nitrogens with zero attached hydrogens (tertiary/aromatic N) is 1. The third kappa shape index (κ3) is 3.69. The van der Waals surface area contributed by atoms with Crippen LogP contribution in [0.5, 0.6) is 0 Å². The molecule has 0 N–H and O–H groups in total. The van der Waals surface area contributed by atoms with Crippen LogP contribution in [0.3, 0.4) is 0 Å². The van der Waals surface area contributed by atoms with E-state index in [9.17, 15) is 9.59 Å². The SMILES string of the molecule is Cc1cc(C(=O)O[C@H](C)C(=O)c2ccc(Cl)cc2)c2ccccc2n1. The average Bonchev–Trinajstić information content (AvgIpc) is 2.60. The second-order valence-electron chi connectivity index (χ2n) is 5.75. The molecule has 1 atom stereocenters. The van der Waals surface area contributed by atoms with Gasteiger partial charge in [0.1, 0.15) is 0 Å². The zero-order valence-corrected chi connectivity index (χ0v) is 14.6. The molecule has 1 heterocycles. The number of fused-ring (bicyclic) bond motifs is 1. The molecule has 5 heteroatoms. The van der Waals surface area contributed by atoms with Gasteiger partial charge in [-0.3, -0.25) is 9.78 Å². The first-order chi connectivity index (χ1) is 12.0. The Balaban J connectivity index is 1.85. The van der Waals surface area contributed by atoms with Gasteiger partial charge in [-0.25, -0.2) is 4.79 Å². The van der Waals surface area contributed by atoms with E-state index in [0.29, 0.717) is 32.7 Å². The van der Waals surface area contributed by atoms with Gasteiger partial charge < -0.3 is 4.74 Å². The maximum atomic E-state index is 12.6. The lowest BCUT2D eigenvalue weighted by atomic mass is 10.1. The molecule has 3 rings (SSSR count). The number of Topliss-reactive ketones (excluding diaryl/α,β-unsaturated/α-hetero) is 1. The zero-order valence-electron chi connectivity index (χ0n) is 13.8. The van der Waals surface area contributed by atoms with E-state index in [1.54, 1.807) is 37.3 Å². The van der Waals surface area contributed by atoms with Crippen LogP contribution in [0.2, 0.25) is 5.02 Å². The number of hydrogen-bond acceptors (Lipinski definition) is 4. The molecule has 0 unspecified atom stereocenters. The molecule has 0 aliphatic rings. The second-order valence-corrected chi connectivity index (χ2v) is 6.18. The van der Waals surface area contributed by atoms with Crippen molar-refractivity contribution in [1.82, 2.24) is 4.98 Å². The third-order valence-electron chi connectivity index (χ3n) is 3.85. The molecule has 2 aromatic carbocycles. The first-order valence-corrected chi connectivity index (χ1v) is 8.20. The molecule has 25 heavy (non-hydrogen) atoms. The number of para-hydroxylation sites is 1. The first-order valence-electron chi connectivity index (χ1n) is 7.83. The molecule has 3 aromatic rings. The molecular formula is C20H16ClNO3. The van der Waals surface area contributed by atoms with Crippen molar-refractivity contribution in [2.45, 2.75) is 20.0 Å². The van der Waals surface area contributed by atoms with Crippen molar-refractivity contribution in [3.63, 3.8) is 0 Å². The van der Waals surface area contributed by atoms with Crippen molar-refractivity contribution >= 4 is 34.3 Å². The van der Waals surface area contributed by atoms with E-state index < -0.39 is 12.1 Å². The van der Waals surface area contributed by atoms with E-state index in [0.717, 1.165) is 0 Å². The van der Waals surface area contributed by atoms with Gasteiger partial charge in [0.05, 0.1) is 11.1 Å². The molecule has 0 aliphatic carbocycles. The standard InChI is InChI=1S/C20H16ClNO3/c1-12-11-17(16-5-3-4-6-18(16)22-12)20(24)25-13(2)19(23)14-7-9-15(21)10-8-14/h3-11,13H,1-2H3/t13-/m1/s1. The number of rotatable bonds is 4. The number of ether oxygens (including phenoxy) is 1. The lowest BCUT2D eigenvalue weighted by molar-refractivity contribution is 0.0320. The fourth-order valence-electron chi connectivity index (χ4n) is 2.60. The molecule has 0 radical (unpaired) electrons. The summed E-state index contributed by atoms with van der Waals surface area (Å²) < 4.78 is 5.40. The van der Waals surface area contributed by atoms with Crippen LogP contribution in [0.4, 0.5) is 0 Å². The number of pyridine rings is 1. The Kier molecular flexibility index (Phi) is 4.81. The number of carbonyl (C=O) groups is 2. The molecular weight excluding hydrogens is 338 g/mol. The minimum Gasteiger partial charge on any atom is -0.451 e. The topological polar surface area (TPSA) is 56.3 Å². The second kappa shape index (κ2) is 7.03. The number of esters is 1. The Morgan fingerprint density at radius 3 is 2.48 bits per heavy atom. The molecule has 0 saturated heterocycles.